The molecule has 2 aromatic heterocycles. The highest BCUT2D eigenvalue weighted by atomic mass is 16.1. The van der Waals surface area contributed by atoms with Gasteiger partial charge in [0.15, 0.2) is 0 Å². The molecular formula is C23H27N5O2. The lowest BCUT2D eigenvalue weighted by atomic mass is 9.81. The summed E-state index contributed by atoms with van der Waals surface area (Å²) in [6.07, 6.45) is 7.33. The van der Waals surface area contributed by atoms with Gasteiger partial charge in [0.2, 0.25) is 0 Å². The Kier molecular flexibility index (Phi) is 4.70. The van der Waals surface area contributed by atoms with Crippen LogP contribution in [0.15, 0.2) is 35.3 Å². The second-order valence-electron chi connectivity index (χ2n) is 8.58. The van der Waals surface area contributed by atoms with Crippen LogP contribution >= 0.6 is 0 Å². The van der Waals surface area contributed by atoms with E-state index in [4.69, 9.17) is 5.10 Å². The maximum Gasteiger partial charge on any atom is 0.261 e. The molecule has 3 aromatic rings. The van der Waals surface area contributed by atoms with Crippen molar-refractivity contribution < 1.29 is 4.79 Å². The summed E-state index contributed by atoms with van der Waals surface area (Å²) in [5.41, 5.74) is 5.12. The van der Waals surface area contributed by atoms with Gasteiger partial charge in [-0.3, -0.25) is 14.2 Å². The number of carbonyl (C=O) groups excluding carboxylic acids is 1. The van der Waals surface area contributed by atoms with Crippen LogP contribution < -0.4 is 16.2 Å². The minimum Gasteiger partial charge on any atom is -0.355 e. The molecule has 156 valence electrons. The number of nitrogens with zero attached hydrogens (tertiary/aromatic N) is 3. The summed E-state index contributed by atoms with van der Waals surface area (Å²) in [7, 11) is 1.61. The fourth-order valence-corrected chi connectivity index (χ4v) is 4.63. The van der Waals surface area contributed by atoms with Crippen LogP contribution in [0.4, 0.5) is 0 Å². The lowest BCUT2D eigenvalue weighted by Gasteiger charge is -2.26. The summed E-state index contributed by atoms with van der Waals surface area (Å²) in [5.74, 6) is 0.533. The number of hydrogen-bond donors (Lipinski definition) is 2. The number of rotatable bonds is 4. The molecule has 1 aliphatic carbocycles. The quantitative estimate of drug-likeness (QED) is 0.698. The summed E-state index contributed by atoms with van der Waals surface area (Å²) in [6, 6.07) is 7.48. The molecule has 1 saturated carbocycles. The highest BCUT2D eigenvalue weighted by molar-refractivity contribution is 5.94. The van der Waals surface area contributed by atoms with Crippen molar-refractivity contribution in [3.8, 4) is 5.69 Å². The Bertz CT molecular complexity index is 1170. The smallest absolute Gasteiger partial charge is 0.261 e. The van der Waals surface area contributed by atoms with Gasteiger partial charge >= 0.3 is 0 Å². The second kappa shape index (κ2) is 7.40. The minimum atomic E-state index is -0.139. The molecule has 1 amide bonds. The van der Waals surface area contributed by atoms with E-state index in [9.17, 15) is 9.59 Å². The highest BCUT2D eigenvalue weighted by Crippen LogP contribution is 2.31. The lowest BCUT2D eigenvalue weighted by Crippen LogP contribution is -2.40. The van der Waals surface area contributed by atoms with Crippen LogP contribution in [0.3, 0.4) is 0 Å². The molecule has 1 aromatic carbocycles. The van der Waals surface area contributed by atoms with Crippen LogP contribution in [-0.4, -0.2) is 33.2 Å². The van der Waals surface area contributed by atoms with Gasteiger partial charge in [-0.05, 0) is 49.9 Å². The number of carbonyl (C=O) groups is 1. The van der Waals surface area contributed by atoms with Crippen LogP contribution in [-0.2, 0) is 19.4 Å². The molecule has 1 atom stereocenters. The Balaban J connectivity index is 1.72. The first-order valence-corrected chi connectivity index (χ1v) is 10.8. The van der Waals surface area contributed by atoms with Gasteiger partial charge in [0.1, 0.15) is 5.65 Å². The standard InChI is InChI=1S/C23H27N5O2/c1-14-10-19-20(13-25-14)28-22(17(12-26-28)11-15-4-3-5-15)27(23(19)30)18-8-6-16(7-9-18)21(29)24-2/h6-9,12,14-15,25H,3-5,10-11,13H2,1-2H3,(H,24,29). The highest BCUT2D eigenvalue weighted by Gasteiger charge is 2.27. The van der Waals surface area contributed by atoms with Crippen molar-refractivity contribution in [2.45, 2.75) is 51.6 Å². The van der Waals surface area contributed by atoms with E-state index in [2.05, 4.69) is 17.6 Å². The molecular weight excluding hydrogens is 378 g/mol. The van der Waals surface area contributed by atoms with Gasteiger partial charge < -0.3 is 10.6 Å². The predicted octanol–water partition coefficient (Wildman–Crippen LogP) is 2.22. The largest absolute Gasteiger partial charge is 0.355 e. The summed E-state index contributed by atoms with van der Waals surface area (Å²) >= 11 is 0. The number of amides is 1. The topological polar surface area (TPSA) is 80.4 Å². The van der Waals surface area contributed by atoms with Crippen molar-refractivity contribution >= 4 is 11.6 Å². The summed E-state index contributed by atoms with van der Waals surface area (Å²) in [4.78, 5) is 25.6. The van der Waals surface area contributed by atoms with Crippen LogP contribution in [0.25, 0.3) is 11.3 Å². The average Bonchev–Trinajstić information content (AvgIpc) is 3.14. The monoisotopic (exact) mass is 405 g/mol. The molecule has 7 nitrogen and oxygen atoms in total. The molecule has 0 bridgehead atoms. The second-order valence-corrected chi connectivity index (χ2v) is 8.58. The van der Waals surface area contributed by atoms with Gasteiger partial charge in [0.25, 0.3) is 11.5 Å². The van der Waals surface area contributed by atoms with Crippen molar-refractivity contribution in [3.05, 3.63) is 63.2 Å². The Hall–Kier alpha value is -2.93. The fraction of sp³-hybridized carbons (Fsp3) is 0.435. The van der Waals surface area contributed by atoms with Crippen molar-refractivity contribution in [2.75, 3.05) is 7.05 Å². The zero-order valence-electron chi connectivity index (χ0n) is 17.4. The van der Waals surface area contributed by atoms with E-state index in [1.165, 1.54) is 19.3 Å². The first-order chi connectivity index (χ1) is 14.6. The molecule has 0 radical (unpaired) electrons. The molecule has 30 heavy (non-hydrogen) atoms. The van der Waals surface area contributed by atoms with Gasteiger partial charge in [-0.2, -0.15) is 5.10 Å². The van der Waals surface area contributed by atoms with E-state index < -0.39 is 0 Å². The van der Waals surface area contributed by atoms with Crippen LogP contribution in [0.5, 0.6) is 0 Å². The van der Waals surface area contributed by atoms with E-state index in [-0.39, 0.29) is 17.5 Å². The van der Waals surface area contributed by atoms with Gasteiger partial charge in [0.05, 0.1) is 17.6 Å². The number of hydrogen-bond acceptors (Lipinski definition) is 4. The first kappa shape index (κ1) is 19.1. The summed E-state index contributed by atoms with van der Waals surface area (Å²) in [6.45, 7) is 2.74. The van der Waals surface area contributed by atoms with E-state index >= 15 is 0 Å². The normalized spacial score (nSPS) is 18.8. The van der Waals surface area contributed by atoms with E-state index in [0.29, 0.717) is 24.4 Å². The molecule has 2 aliphatic rings. The van der Waals surface area contributed by atoms with Crippen molar-refractivity contribution in [1.29, 1.82) is 0 Å². The maximum atomic E-state index is 13.7. The third-order valence-corrected chi connectivity index (χ3v) is 6.57. The van der Waals surface area contributed by atoms with E-state index in [0.717, 1.165) is 34.6 Å². The predicted molar refractivity (Wildman–Crippen MR) is 115 cm³/mol. The molecule has 5 rings (SSSR count). The van der Waals surface area contributed by atoms with Gasteiger partial charge in [0, 0.05) is 36.3 Å². The van der Waals surface area contributed by atoms with E-state index in [1.807, 2.05) is 22.8 Å². The fourth-order valence-electron chi connectivity index (χ4n) is 4.63. The third kappa shape index (κ3) is 3.04. The number of fused-ring (bicyclic) bond motifs is 3. The SMILES string of the molecule is CNC(=O)c1ccc(-n2c(=O)c3c(n4ncc(CC5CCC5)c24)CNC(C)C3)cc1. The number of benzene rings is 1. The molecule has 1 fully saturated rings. The molecule has 2 N–H and O–H groups in total. The lowest BCUT2D eigenvalue weighted by molar-refractivity contribution is 0.0963. The Morgan fingerprint density at radius 2 is 2.03 bits per heavy atom. The van der Waals surface area contributed by atoms with Crippen LogP contribution in [0, 0.1) is 5.92 Å². The molecule has 1 unspecified atom stereocenters. The van der Waals surface area contributed by atoms with Gasteiger partial charge in [-0.25, -0.2) is 4.52 Å². The van der Waals surface area contributed by atoms with Crippen LogP contribution in [0.1, 0.15) is 53.4 Å². The Morgan fingerprint density at radius 1 is 1.27 bits per heavy atom. The van der Waals surface area contributed by atoms with E-state index in [1.54, 1.807) is 23.7 Å². The zero-order chi connectivity index (χ0) is 20.8. The third-order valence-electron chi connectivity index (χ3n) is 6.57. The molecule has 0 spiro atoms. The van der Waals surface area contributed by atoms with Gasteiger partial charge in [-0.15, -0.1) is 0 Å². The minimum absolute atomic E-state index is 0.0221. The Labute approximate surface area is 175 Å². The summed E-state index contributed by atoms with van der Waals surface area (Å²) in [5, 5.41) is 10.8. The zero-order valence-corrected chi connectivity index (χ0v) is 17.4. The number of aromatic nitrogens is 3. The summed E-state index contributed by atoms with van der Waals surface area (Å²) < 4.78 is 3.75. The van der Waals surface area contributed by atoms with Crippen molar-refractivity contribution in [3.63, 3.8) is 0 Å². The van der Waals surface area contributed by atoms with Gasteiger partial charge in [-0.1, -0.05) is 19.3 Å². The number of nitrogens with one attached hydrogen (secondary N) is 2. The van der Waals surface area contributed by atoms with Crippen molar-refractivity contribution in [2.24, 2.45) is 5.92 Å². The average molecular weight is 406 g/mol. The Morgan fingerprint density at radius 3 is 2.70 bits per heavy atom. The van der Waals surface area contributed by atoms with Crippen molar-refractivity contribution in [1.82, 2.24) is 24.8 Å². The van der Waals surface area contributed by atoms with Crippen LogP contribution in [0.2, 0.25) is 0 Å². The maximum absolute atomic E-state index is 13.7. The molecule has 0 saturated heterocycles. The first-order valence-electron chi connectivity index (χ1n) is 10.8. The molecule has 7 heteroatoms. The molecule has 1 aliphatic heterocycles. The molecule has 3 heterocycles.